The zero-order valence-corrected chi connectivity index (χ0v) is 17.1. The number of rotatable bonds is 3. The van der Waals surface area contributed by atoms with E-state index in [1.807, 2.05) is 6.92 Å². The van der Waals surface area contributed by atoms with E-state index >= 15 is 0 Å². The summed E-state index contributed by atoms with van der Waals surface area (Å²) in [5.41, 5.74) is 7.46. The van der Waals surface area contributed by atoms with Crippen LogP contribution in [-0.4, -0.2) is 33.0 Å². The molecule has 5 N–H and O–H groups in total. The summed E-state index contributed by atoms with van der Waals surface area (Å²) in [5.74, 6) is 2.71. The Balaban J connectivity index is 0.00000210. The lowest BCUT2D eigenvalue weighted by Crippen LogP contribution is -2.39. The maximum absolute atomic E-state index is 6.47. The molecule has 0 atom stereocenters. The highest BCUT2D eigenvalue weighted by molar-refractivity contribution is 6.33. The zero-order chi connectivity index (χ0) is 18.1. The molecule has 1 saturated carbocycles. The highest BCUT2D eigenvalue weighted by atomic mass is 35.5. The summed E-state index contributed by atoms with van der Waals surface area (Å²) >= 11 is 6.47. The molecule has 2 aromatic heterocycles. The lowest BCUT2D eigenvalue weighted by Gasteiger charge is -2.43. The lowest BCUT2D eigenvalue weighted by molar-refractivity contribution is 0.122. The Morgan fingerprint density at radius 1 is 1.19 bits per heavy atom. The number of imidazole rings is 1. The van der Waals surface area contributed by atoms with Crippen LogP contribution in [0.25, 0.3) is 0 Å². The standard InChI is InChI=1S/C18H26ClN7.ClH/c1-11-22-10-13(23-11)24-17-25-15(14(19)16(20)26-17)12-2-4-18(5-3-12)6-8-21-9-7-18;/h10,12,21H,2-9H2,1H3,(H,22,23)(H3,20,24,25,26);1H. The summed E-state index contributed by atoms with van der Waals surface area (Å²) in [6, 6.07) is 0. The van der Waals surface area contributed by atoms with Crippen LogP contribution in [0.2, 0.25) is 5.02 Å². The average Bonchev–Trinajstić information content (AvgIpc) is 3.04. The SMILES string of the molecule is Cc1ncc(Nc2nc(N)c(Cl)c(C3CCC4(CCNCC4)CC3)n2)[nH]1.Cl. The number of nitrogens with zero attached hydrogens (tertiary/aromatic N) is 3. The van der Waals surface area contributed by atoms with Crippen molar-refractivity contribution >= 4 is 41.6 Å². The number of hydrogen-bond donors (Lipinski definition) is 4. The molecular weight excluding hydrogens is 385 g/mol. The van der Waals surface area contributed by atoms with E-state index in [1.54, 1.807) is 6.20 Å². The first kappa shape index (κ1) is 20.2. The maximum atomic E-state index is 6.47. The lowest BCUT2D eigenvalue weighted by atomic mass is 9.65. The van der Waals surface area contributed by atoms with Gasteiger partial charge in [0.1, 0.15) is 22.5 Å². The van der Waals surface area contributed by atoms with Crippen LogP contribution in [0.4, 0.5) is 17.6 Å². The molecule has 0 amide bonds. The van der Waals surface area contributed by atoms with Crippen LogP contribution < -0.4 is 16.4 Å². The fourth-order valence-electron chi connectivity index (χ4n) is 4.37. The van der Waals surface area contributed by atoms with Gasteiger partial charge < -0.3 is 21.4 Å². The third-order valence-corrected chi connectivity index (χ3v) is 6.34. The molecule has 7 nitrogen and oxygen atoms in total. The third kappa shape index (κ3) is 4.31. The van der Waals surface area contributed by atoms with E-state index in [0.717, 1.165) is 43.3 Å². The summed E-state index contributed by atoms with van der Waals surface area (Å²) in [7, 11) is 0. The monoisotopic (exact) mass is 411 g/mol. The quantitative estimate of drug-likeness (QED) is 0.609. The van der Waals surface area contributed by atoms with Crippen LogP contribution >= 0.6 is 24.0 Å². The molecule has 2 fully saturated rings. The van der Waals surface area contributed by atoms with Gasteiger partial charge in [-0.15, -0.1) is 12.4 Å². The van der Waals surface area contributed by atoms with E-state index in [-0.39, 0.29) is 12.4 Å². The van der Waals surface area contributed by atoms with Crippen LogP contribution in [0.5, 0.6) is 0 Å². The number of piperidine rings is 1. The fraction of sp³-hybridized carbons (Fsp3) is 0.611. The van der Waals surface area contributed by atoms with Gasteiger partial charge in [-0.25, -0.2) is 9.97 Å². The summed E-state index contributed by atoms with van der Waals surface area (Å²) in [5, 5.41) is 7.12. The Morgan fingerprint density at radius 2 is 1.89 bits per heavy atom. The maximum Gasteiger partial charge on any atom is 0.230 e. The Morgan fingerprint density at radius 3 is 2.52 bits per heavy atom. The normalized spacial score (nSPS) is 19.6. The fourth-order valence-corrected chi connectivity index (χ4v) is 4.61. The van der Waals surface area contributed by atoms with Crippen LogP contribution in [0.3, 0.4) is 0 Å². The summed E-state index contributed by atoms with van der Waals surface area (Å²) in [4.78, 5) is 16.3. The summed E-state index contributed by atoms with van der Waals surface area (Å²) < 4.78 is 0. The number of aromatic nitrogens is 4. The predicted molar refractivity (Wildman–Crippen MR) is 111 cm³/mol. The minimum atomic E-state index is 0. The molecule has 0 aromatic carbocycles. The average molecular weight is 412 g/mol. The molecule has 1 saturated heterocycles. The first-order valence-corrected chi connectivity index (χ1v) is 9.75. The molecule has 1 spiro atoms. The number of hydrogen-bond acceptors (Lipinski definition) is 6. The van der Waals surface area contributed by atoms with Gasteiger partial charge in [0.25, 0.3) is 0 Å². The first-order valence-electron chi connectivity index (χ1n) is 9.37. The molecule has 3 heterocycles. The molecule has 27 heavy (non-hydrogen) atoms. The van der Waals surface area contributed by atoms with Gasteiger partial charge in [-0.05, 0) is 64.0 Å². The Hall–Kier alpha value is -1.57. The zero-order valence-electron chi connectivity index (χ0n) is 15.5. The van der Waals surface area contributed by atoms with Gasteiger partial charge >= 0.3 is 0 Å². The largest absolute Gasteiger partial charge is 0.382 e. The van der Waals surface area contributed by atoms with Crippen molar-refractivity contribution in [2.45, 2.75) is 51.4 Å². The predicted octanol–water partition coefficient (Wildman–Crippen LogP) is 3.94. The van der Waals surface area contributed by atoms with Crippen molar-refractivity contribution in [1.82, 2.24) is 25.3 Å². The molecule has 9 heteroatoms. The molecule has 1 aliphatic heterocycles. The highest BCUT2D eigenvalue weighted by Crippen LogP contribution is 2.48. The van der Waals surface area contributed by atoms with Crippen LogP contribution in [0.1, 0.15) is 56.0 Å². The number of nitrogens with one attached hydrogen (secondary N) is 3. The molecule has 4 rings (SSSR count). The molecule has 0 radical (unpaired) electrons. The second kappa shape index (κ2) is 8.20. The Bertz CT molecular complexity index is 776. The molecule has 148 valence electrons. The van der Waals surface area contributed by atoms with Crippen molar-refractivity contribution in [1.29, 1.82) is 0 Å². The Labute approximate surface area is 170 Å². The van der Waals surface area contributed by atoms with Gasteiger partial charge in [-0.3, -0.25) is 0 Å². The minimum Gasteiger partial charge on any atom is -0.382 e. The van der Waals surface area contributed by atoms with Crippen molar-refractivity contribution < 1.29 is 0 Å². The van der Waals surface area contributed by atoms with Gasteiger partial charge in [0.15, 0.2) is 0 Å². The second-order valence-corrected chi connectivity index (χ2v) is 8.04. The highest BCUT2D eigenvalue weighted by Gasteiger charge is 2.37. The minimum absolute atomic E-state index is 0. The van der Waals surface area contributed by atoms with Gasteiger partial charge in [0, 0.05) is 5.92 Å². The van der Waals surface area contributed by atoms with E-state index in [4.69, 9.17) is 22.3 Å². The third-order valence-electron chi connectivity index (χ3n) is 5.95. The van der Waals surface area contributed by atoms with Crippen molar-refractivity contribution in [2.75, 3.05) is 24.1 Å². The van der Waals surface area contributed by atoms with Crippen molar-refractivity contribution in [3.63, 3.8) is 0 Å². The molecule has 1 aliphatic carbocycles. The van der Waals surface area contributed by atoms with Gasteiger partial charge in [-0.1, -0.05) is 11.6 Å². The topological polar surface area (TPSA) is 105 Å². The first-order chi connectivity index (χ1) is 12.5. The molecule has 0 unspecified atom stereocenters. The molecule has 2 aromatic rings. The van der Waals surface area contributed by atoms with Gasteiger partial charge in [0.05, 0.1) is 11.9 Å². The van der Waals surface area contributed by atoms with Gasteiger partial charge in [-0.2, -0.15) is 4.98 Å². The van der Waals surface area contributed by atoms with E-state index in [9.17, 15) is 0 Å². The van der Waals surface area contributed by atoms with E-state index in [0.29, 0.717) is 28.1 Å². The number of nitrogen functional groups attached to an aromatic ring is 1. The van der Waals surface area contributed by atoms with Crippen molar-refractivity contribution in [3.8, 4) is 0 Å². The van der Waals surface area contributed by atoms with Crippen LogP contribution in [-0.2, 0) is 0 Å². The number of aryl methyl sites for hydroxylation is 1. The van der Waals surface area contributed by atoms with E-state index < -0.39 is 0 Å². The number of H-pyrrole nitrogens is 1. The van der Waals surface area contributed by atoms with E-state index in [1.165, 1.54) is 25.7 Å². The van der Waals surface area contributed by atoms with Crippen molar-refractivity contribution in [2.24, 2.45) is 5.41 Å². The molecule has 2 aliphatic rings. The number of anilines is 3. The van der Waals surface area contributed by atoms with E-state index in [2.05, 4.69) is 25.6 Å². The van der Waals surface area contributed by atoms with Crippen molar-refractivity contribution in [3.05, 3.63) is 22.7 Å². The molecular formula is C18H27Cl2N7. The van der Waals surface area contributed by atoms with Crippen LogP contribution in [0, 0.1) is 12.3 Å². The van der Waals surface area contributed by atoms with Crippen LogP contribution in [0.15, 0.2) is 6.20 Å². The smallest absolute Gasteiger partial charge is 0.230 e. The number of nitrogens with two attached hydrogens (primary N) is 1. The Kier molecular flexibility index (Phi) is 6.13. The second-order valence-electron chi connectivity index (χ2n) is 7.66. The summed E-state index contributed by atoms with van der Waals surface area (Å²) in [6.45, 7) is 4.18. The summed E-state index contributed by atoms with van der Waals surface area (Å²) in [6.07, 6.45) is 8.98. The number of aromatic amines is 1. The molecule has 0 bridgehead atoms. The number of halogens is 2. The van der Waals surface area contributed by atoms with Gasteiger partial charge in [0.2, 0.25) is 5.95 Å².